The van der Waals surface area contributed by atoms with Crippen molar-refractivity contribution >= 4 is 0 Å². The highest BCUT2D eigenvalue weighted by molar-refractivity contribution is 5.12. The van der Waals surface area contributed by atoms with Crippen LogP contribution in [-0.2, 0) is 4.74 Å². The zero-order valence-electron chi connectivity index (χ0n) is 19.4. The van der Waals surface area contributed by atoms with E-state index in [2.05, 4.69) is 34.6 Å². The van der Waals surface area contributed by atoms with Crippen LogP contribution in [0.1, 0.15) is 105 Å². The second-order valence-electron chi connectivity index (χ2n) is 12.8. The Morgan fingerprint density at radius 3 is 2.43 bits per heavy atom. The molecule has 1 heteroatoms. The highest BCUT2D eigenvalue weighted by atomic mass is 16.6. The van der Waals surface area contributed by atoms with E-state index in [4.69, 9.17) is 4.74 Å². The number of epoxide rings is 1. The average molecular weight is 387 g/mol. The fourth-order valence-corrected chi connectivity index (χ4v) is 9.54. The summed E-state index contributed by atoms with van der Waals surface area (Å²) in [7, 11) is 0. The van der Waals surface area contributed by atoms with E-state index in [-0.39, 0.29) is 0 Å². The van der Waals surface area contributed by atoms with E-state index >= 15 is 0 Å². The van der Waals surface area contributed by atoms with E-state index in [1.165, 1.54) is 64.2 Å². The van der Waals surface area contributed by atoms with Gasteiger partial charge in [0.15, 0.2) is 0 Å². The molecule has 0 aromatic carbocycles. The second-order valence-corrected chi connectivity index (χ2v) is 12.8. The molecule has 1 aliphatic heterocycles. The predicted molar refractivity (Wildman–Crippen MR) is 117 cm³/mol. The quantitative estimate of drug-likeness (QED) is 0.446. The van der Waals surface area contributed by atoms with Gasteiger partial charge in [-0.15, -0.1) is 0 Å². The largest absolute Gasteiger partial charge is 0.370 e. The smallest absolute Gasteiger partial charge is 0.0847 e. The maximum atomic E-state index is 6.02. The minimum absolute atomic E-state index is 0.600. The first-order valence-electron chi connectivity index (χ1n) is 13.0. The summed E-state index contributed by atoms with van der Waals surface area (Å²) < 4.78 is 6.02. The third-order valence-corrected chi connectivity index (χ3v) is 11.1. The fourth-order valence-electron chi connectivity index (χ4n) is 9.54. The maximum absolute atomic E-state index is 6.02. The Morgan fingerprint density at radius 1 is 0.857 bits per heavy atom. The fraction of sp³-hybridized carbons (Fsp3) is 1.00. The number of rotatable bonds is 5. The molecule has 5 rings (SSSR count). The summed E-state index contributed by atoms with van der Waals surface area (Å²) in [6.07, 6.45) is 17.6. The van der Waals surface area contributed by atoms with Gasteiger partial charge < -0.3 is 4.74 Å². The lowest BCUT2D eigenvalue weighted by molar-refractivity contribution is -0.110. The third kappa shape index (κ3) is 3.04. The first kappa shape index (κ1) is 19.9. The van der Waals surface area contributed by atoms with Gasteiger partial charge in [0.2, 0.25) is 0 Å². The molecule has 0 aromatic rings. The molecule has 160 valence electrons. The molecule has 4 saturated carbocycles. The van der Waals surface area contributed by atoms with Crippen LogP contribution in [0.4, 0.5) is 0 Å². The highest BCUT2D eigenvalue weighted by Crippen LogP contribution is 2.69. The monoisotopic (exact) mass is 386 g/mol. The summed E-state index contributed by atoms with van der Waals surface area (Å²) >= 11 is 0. The Bertz CT molecular complexity index is 583. The Kier molecular flexibility index (Phi) is 4.97. The van der Waals surface area contributed by atoms with Gasteiger partial charge in [0.25, 0.3) is 0 Å². The number of ether oxygens (including phenoxy) is 1. The summed E-state index contributed by atoms with van der Waals surface area (Å²) in [5.74, 6) is 6.84. The molecule has 1 saturated heterocycles. The molecule has 0 aromatic heterocycles. The minimum atomic E-state index is 0.600. The zero-order chi connectivity index (χ0) is 19.7. The van der Waals surface area contributed by atoms with Crippen LogP contribution in [-0.4, -0.2) is 12.2 Å². The Morgan fingerprint density at radius 2 is 1.64 bits per heavy atom. The van der Waals surface area contributed by atoms with E-state index in [1.54, 1.807) is 6.42 Å². The summed E-state index contributed by atoms with van der Waals surface area (Å²) in [6.45, 7) is 12.8. The van der Waals surface area contributed by atoms with Gasteiger partial charge in [-0.1, -0.05) is 53.9 Å². The first-order valence-corrected chi connectivity index (χ1v) is 13.0. The van der Waals surface area contributed by atoms with Crippen molar-refractivity contribution in [2.24, 2.45) is 52.3 Å². The van der Waals surface area contributed by atoms with E-state index < -0.39 is 0 Å². The van der Waals surface area contributed by atoms with Gasteiger partial charge in [-0.3, -0.25) is 0 Å². The van der Waals surface area contributed by atoms with Crippen molar-refractivity contribution < 1.29 is 4.74 Å². The average Bonchev–Trinajstić information content (AvgIpc) is 3.27. The molecule has 0 amide bonds. The molecular formula is C27H46O. The molecule has 0 unspecified atom stereocenters. The lowest BCUT2D eigenvalue weighted by atomic mass is 9.44. The molecule has 5 aliphatic rings. The van der Waals surface area contributed by atoms with E-state index in [0.717, 1.165) is 41.4 Å². The minimum Gasteiger partial charge on any atom is -0.370 e. The predicted octanol–water partition coefficient (Wildman–Crippen LogP) is 7.49. The lowest BCUT2D eigenvalue weighted by Crippen LogP contribution is -2.54. The zero-order valence-corrected chi connectivity index (χ0v) is 19.4. The normalized spacial score (nSPS) is 53.1. The van der Waals surface area contributed by atoms with Crippen LogP contribution >= 0.6 is 0 Å². The van der Waals surface area contributed by atoms with E-state index in [0.29, 0.717) is 23.0 Å². The number of hydrogen-bond donors (Lipinski definition) is 0. The molecule has 5 fully saturated rings. The topological polar surface area (TPSA) is 12.5 Å². The van der Waals surface area contributed by atoms with E-state index in [9.17, 15) is 0 Å². The molecule has 1 nitrogen and oxygen atoms in total. The van der Waals surface area contributed by atoms with Gasteiger partial charge in [0, 0.05) is 0 Å². The van der Waals surface area contributed by atoms with Crippen molar-refractivity contribution in [2.75, 3.05) is 0 Å². The van der Waals surface area contributed by atoms with Crippen molar-refractivity contribution in [2.45, 2.75) is 117 Å². The summed E-state index contributed by atoms with van der Waals surface area (Å²) in [6, 6.07) is 0. The van der Waals surface area contributed by atoms with Crippen LogP contribution in [0.15, 0.2) is 0 Å². The van der Waals surface area contributed by atoms with Gasteiger partial charge in [-0.2, -0.15) is 0 Å². The van der Waals surface area contributed by atoms with Crippen LogP contribution in [0, 0.1) is 52.3 Å². The standard InChI is InChI=1S/C27H46O/c1-17(2)7-6-8-18(3)21-11-12-22-20-10-9-19-15-24-25(28-24)16-27(19,5)23(20)13-14-26(21,22)4/h17-25H,6-16H2,1-5H3/t18-,19+,20+,21+,22-,23-,24+,25-,26+,27+/m1/s1. The summed E-state index contributed by atoms with van der Waals surface area (Å²) in [5, 5.41) is 0. The van der Waals surface area contributed by atoms with Crippen molar-refractivity contribution in [3.8, 4) is 0 Å². The lowest BCUT2D eigenvalue weighted by Gasteiger charge is -2.60. The SMILES string of the molecule is CC(C)CCC[C@@H](C)[C@@H]1CC[C@@H]2[C@@H]3CC[C@H]4C[C@@H]5O[C@@H]5C[C@]4(C)[C@@H]3CC[C@]21C. The molecule has 0 radical (unpaired) electrons. The maximum Gasteiger partial charge on any atom is 0.0847 e. The van der Waals surface area contributed by atoms with E-state index in [1.807, 2.05) is 0 Å². The van der Waals surface area contributed by atoms with Crippen molar-refractivity contribution in [3.05, 3.63) is 0 Å². The van der Waals surface area contributed by atoms with Crippen molar-refractivity contribution in [1.29, 1.82) is 0 Å². The molecular weight excluding hydrogens is 340 g/mol. The Hall–Kier alpha value is -0.0400. The molecule has 4 aliphatic carbocycles. The van der Waals surface area contributed by atoms with Gasteiger partial charge in [0.05, 0.1) is 12.2 Å². The first-order chi connectivity index (χ1) is 13.3. The molecule has 1 heterocycles. The van der Waals surface area contributed by atoms with Crippen LogP contribution in [0.5, 0.6) is 0 Å². The van der Waals surface area contributed by atoms with Crippen molar-refractivity contribution in [3.63, 3.8) is 0 Å². The van der Waals surface area contributed by atoms with Gasteiger partial charge in [-0.05, 0) is 104 Å². The molecule has 0 N–H and O–H groups in total. The van der Waals surface area contributed by atoms with Crippen LogP contribution in [0.25, 0.3) is 0 Å². The highest BCUT2D eigenvalue weighted by Gasteiger charge is 2.63. The summed E-state index contributed by atoms with van der Waals surface area (Å²) in [5.41, 5.74) is 1.25. The molecule has 28 heavy (non-hydrogen) atoms. The molecule has 0 spiro atoms. The molecule has 0 bridgehead atoms. The van der Waals surface area contributed by atoms with Crippen LogP contribution in [0.2, 0.25) is 0 Å². The van der Waals surface area contributed by atoms with Crippen LogP contribution in [0.3, 0.4) is 0 Å². The summed E-state index contributed by atoms with van der Waals surface area (Å²) in [4.78, 5) is 0. The number of hydrogen-bond acceptors (Lipinski definition) is 1. The van der Waals surface area contributed by atoms with Crippen LogP contribution < -0.4 is 0 Å². The third-order valence-electron chi connectivity index (χ3n) is 11.1. The van der Waals surface area contributed by atoms with Gasteiger partial charge >= 0.3 is 0 Å². The Labute approximate surface area is 174 Å². The van der Waals surface area contributed by atoms with Gasteiger partial charge in [0.1, 0.15) is 0 Å². The molecule has 10 atom stereocenters. The number of fused-ring (bicyclic) bond motifs is 6. The second kappa shape index (κ2) is 7.00. The van der Waals surface area contributed by atoms with Gasteiger partial charge in [-0.25, -0.2) is 0 Å². The Balaban J connectivity index is 1.30. The van der Waals surface area contributed by atoms with Crippen molar-refractivity contribution in [1.82, 2.24) is 0 Å².